The number of carbonyl (C=O) groups excluding carboxylic acids is 1. The van der Waals surface area contributed by atoms with Crippen molar-refractivity contribution >= 4 is 5.78 Å². The Kier molecular flexibility index (Phi) is 4.03. The number of ketones is 1. The minimum absolute atomic E-state index is 0.0654. The lowest BCUT2D eigenvalue weighted by atomic mass is 10.0. The van der Waals surface area contributed by atoms with E-state index in [9.17, 15) is 4.79 Å². The number of rotatable bonds is 3. The molecule has 1 aromatic rings. The molecule has 0 spiro atoms. The topological polar surface area (TPSA) is 35.5 Å². The van der Waals surface area contributed by atoms with Gasteiger partial charge in [-0.15, -0.1) is 0 Å². The van der Waals surface area contributed by atoms with Crippen LogP contribution in [-0.4, -0.2) is 19.0 Å². The molecule has 1 aliphatic heterocycles. The Morgan fingerprint density at radius 1 is 1.28 bits per heavy atom. The van der Waals surface area contributed by atoms with Crippen LogP contribution in [0.2, 0.25) is 0 Å². The number of benzene rings is 1. The highest BCUT2D eigenvalue weighted by Crippen LogP contribution is 2.31. The summed E-state index contributed by atoms with van der Waals surface area (Å²) in [6.07, 6.45) is 3.47. The highest BCUT2D eigenvalue weighted by Gasteiger charge is 2.15. The van der Waals surface area contributed by atoms with Crippen LogP contribution in [0.25, 0.3) is 0 Å². The van der Waals surface area contributed by atoms with Gasteiger partial charge in [0.1, 0.15) is 0 Å². The van der Waals surface area contributed by atoms with E-state index in [1.807, 2.05) is 26.0 Å². The third-order valence-corrected chi connectivity index (χ3v) is 3.03. The highest BCUT2D eigenvalue weighted by atomic mass is 16.5. The lowest BCUT2D eigenvalue weighted by molar-refractivity contribution is 0.103. The number of ether oxygens (including phenoxy) is 2. The Labute approximate surface area is 107 Å². The van der Waals surface area contributed by atoms with Crippen molar-refractivity contribution in [1.82, 2.24) is 0 Å². The monoisotopic (exact) mass is 246 g/mol. The molecule has 0 fully saturated rings. The van der Waals surface area contributed by atoms with E-state index in [2.05, 4.69) is 0 Å². The fourth-order valence-corrected chi connectivity index (χ4v) is 1.99. The number of allylic oxidation sites excluding steroid dienone is 2. The molecule has 0 amide bonds. The van der Waals surface area contributed by atoms with Crippen molar-refractivity contribution in [1.29, 1.82) is 0 Å². The second kappa shape index (κ2) is 5.71. The SMILES string of the molecule is C/C=C(/CC)C(=O)c1ccc2c(c1)OCCCO2. The van der Waals surface area contributed by atoms with Gasteiger partial charge in [-0.25, -0.2) is 0 Å². The first-order valence-electron chi connectivity index (χ1n) is 6.35. The molecule has 0 atom stereocenters. The van der Waals surface area contributed by atoms with Crippen molar-refractivity contribution in [2.75, 3.05) is 13.2 Å². The van der Waals surface area contributed by atoms with Gasteiger partial charge in [0.05, 0.1) is 13.2 Å². The molecule has 0 bridgehead atoms. The van der Waals surface area contributed by atoms with E-state index >= 15 is 0 Å². The highest BCUT2D eigenvalue weighted by molar-refractivity contribution is 6.08. The Hall–Kier alpha value is -1.77. The summed E-state index contributed by atoms with van der Waals surface area (Å²) in [6.45, 7) is 5.17. The molecule has 96 valence electrons. The zero-order valence-corrected chi connectivity index (χ0v) is 10.9. The maximum atomic E-state index is 12.2. The molecule has 0 aromatic heterocycles. The molecule has 0 N–H and O–H groups in total. The van der Waals surface area contributed by atoms with Crippen LogP contribution in [0.3, 0.4) is 0 Å². The summed E-state index contributed by atoms with van der Waals surface area (Å²) in [7, 11) is 0. The van der Waals surface area contributed by atoms with Crippen LogP contribution < -0.4 is 9.47 Å². The van der Waals surface area contributed by atoms with Crippen molar-refractivity contribution in [3.63, 3.8) is 0 Å². The molecule has 3 heteroatoms. The normalized spacial score (nSPS) is 15.1. The molecule has 18 heavy (non-hydrogen) atoms. The Morgan fingerprint density at radius 3 is 2.67 bits per heavy atom. The van der Waals surface area contributed by atoms with Crippen LogP contribution in [0, 0.1) is 0 Å². The Balaban J connectivity index is 2.30. The lowest BCUT2D eigenvalue weighted by Gasteiger charge is -2.09. The van der Waals surface area contributed by atoms with Crippen molar-refractivity contribution in [3.05, 3.63) is 35.4 Å². The van der Waals surface area contributed by atoms with Crippen LogP contribution in [0.5, 0.6) is 11.5 Å². The molecule has 1 heterocycles. The average Bonchev–Trinajstić information content (AvgIpc) is 2.64. The standard InChI is InChI=1S/C15H18O3/c1-3-11(4-2)15(16)12-6-7-13-14(10-12)18-9-5-8-17-13/h3,6-7,10H,4-5,8-9H2,1-2H3/b11-3-. The molecule has 1 aromatic carbocycles. The van der Waals surface area contributed by atoms with Crippen LogP contribution in [-0.2, 0) is 0 Å². The molecule has 0 saturated carbocycles. The molecule has 2 rings (SSSR count). The van der Waals surface area contributed by atoms with E-state index in [0.29, 0.717) is 24.5 Å². The molecule has 0 saturated heterocycles. The molecule has 0 radical (unpaired) electrons. The summed E-state index contributed by atoms with van der Waals surface area (Å²) in [6, 6.07) is 5.40. The average molecular weight is 246 g/mol. The second-order valence-electron chi connectivity index (χ2n) is 4.21. The second-order valence-corrected chi connectivity index (χ2v) is 4.21. The van der Waals surface area contributed by atoms with E-state index in [4.69, 9.17) is 9.47 Å². The number of hydrogen-bond donors (Lipinski definition) is 0. The third kappa shape index (κ3) is 2.55. The molecular formula is C15H18O3. The number of Topliss-reactive ketones (excluding diaryl/α,β-unsaturated/α-hetero) is 1. The van der Waals surface area contributed by atoms with Crippen LogP contribution in [0.15, 0.2) is 29.8 Å². The van der Waals surface area contributed by atoms with Gasteiger partial charge in [0.15, 0.2) is 17.3 Å². The minimum Gasteiger partial charge on any atom is -0.490 e. The largest absolute Gasteiger partial charge is 0.490 e. The van der Waals surface area contributed by atoms with E-state index in [1.165, 1.54) is 0 Å². The maximum absolute atomic E-state index is 12.2. The summed E-state index contributed by atoms with van der Waals surface area (Å²) in [4.78, 5) is 12.2. The maximum Gasteiger partial charge on any atom is 0.188 e. The van der Waals surface area contributed by atoms with Crippen molar-refractivity contribution < 1.29 is 14.3 Å². The van der Waals surface area contributed by atoms with Gasteiger partial charge in [-0.1, -0.05) is 13.0 Å². The summed E-state index contributed by atoms with van der Waals surface area (Å²) in [5.74, 6) is 1.46. The van der Waals surface area contributed by atoms with Crippen molar-refractivity contribution in [2.45, 2.75) is 26.7 Å². The molecule has 1 aliphatic rings. The summed E-state index contributed by atoms with van der Waals surface area (Å²) in [5.41, 5.74) is 1.48. The third-order valence-electron chi connectivity index (χ3n) is 3.03. The number of fused-ring (bicyclic) bond motifs is 1. The van der Waals surface area contributed by atoms with E-state index in [-0.39, 0.29) is 5.78 Å². The van der Waals surface area contributed by atoms with Gasteiger partial charge in [0, 0.05) is 12.0 Å². The first kappa shape index (κ1) is 12.7. The van der Waals surface area contributed by atoms with Crippen LogP contribution in [0.4, 0.5) is 0 Å². The van der Waals surface area contributed by atoms with Crippen LogP contribution >= 0.6 is 0 Å². The zero-order chi connectivity index (χ0) is 13.0. The van der Waals surface area contributed by atoms with Gasteiger partial charge in [0.25, 0.3) is 0 Å². The first-order valence-corrected chi connectivity index (χ1v) is 6.35. The van der Waals surface area contributed by atoms with E-state index < -0.39 is 0 Å². The minimum atomic E-state index is 0.0654. The fraction of sp³-hybridized carbons (Fsp3) is 0.400. The van der Waals surface area contributed by atoms with Crippen LogP contribution in [0.1, 0.15) is 37.0 Å². The van der Waals surface area contributed by atoms with Gasteiger partial charge in [-0.3, -0.25) is 4.79 Å². The van der Waals surface area contributed by atoms with Crippen molar-refractivity contribution in [2.24, 2.45) is 0 Å². The van der Waals surface area contributed by atoms with Gasteiger partial charge in [-0.05, 0) is 37.1 Å². The molecule has 3 nitrogen and oxygen atoms in total. The molecule has 0 aliphatic carbocycles. The smallest absolute Gasteiger partial charge is 0.188 e. The first-order chi connectivity index (χ1) is 8.76. The Morgan fingerprint density at radius 2 is 2.00 bits per heavy atom. The predicted octanol–water partition coefficient (Wildman–Crippen LogP) is 3.39. The predicted molar refractivity (Wildman–Crippen MR) is 70.4 cm³/mol. The van der Waals surface area contributed by atoms with Gasteiger partial charge in [0.2, 0.25) is 0 Å². The summed E-state index contributed by atoms with van der Waals surface area (Å²) >= 11 is 0. The van der Waals surface area contributed by atoms with Crippen molar-refractivity contribution in [3.8, 4) is 11.5 Å². The lowest BCUT2D eigenvalue weighted by Crippen LogP contribution is -2.03. The van der Waals surface area contributed by atoms with Gasteiger partial charge in [-0.2, -0.15) is 0 Å². The number of carbonyl (C=O) groups is 1. The quantitative estimate of drug-likeness (QED) is 0.605. The van der Waals surface area contributed by atoms with Gasteiger partial charge < -0.3 is 9.47 Å². The van der Waals surface area contributed by atoms with Gasteiger partial charge >= 0.3 is 0 Å². The fourth-order valence-electron chi connectivity index (χ4n) is 1.99. The summed E-state index contributed by atoms with van der Waals surface area (Å²) in [5, 5.41) is 0. The Bertz CT molecular complexity index is 475. The number of hydrogen-bond acceptors (Lipinski definition) is 3. The molecule has 0 unspecified atom stereocenters. The van der Waals surface area contributed by atoms with E-state index in [1.54, 1.807) is 12.1 Å². The summed E-state index contributed by atoms with van der Waals surface area (Å²) < 4.78 is 11.1. The van der Waals surface area contributed by atoms with E-state index in [0.717, 1.165) is 24.2 Å². The zero-order valence-electron chi connectivity index (χ0n) is 10.9. The molecular weight excluding hydrogens is 228 g/mol.